The summed E-state index contributed by atoms with van der Waals surface area (Å²) in [4.78, 5) is 19.2. The smallest absolute Gasteiger partial charge is 0.406 e. The average Bonchev–Trinajstić information content (AvgIpc) is 3.19. The minimum Gasteiger partial charge on any atom is -0.406 e. The number of halogens is 4. The predicted molar refractivity (Wildman–Crippen MR) is 104 cm³/mol. The molecule has 2 aromatic carbocycles. The molecule has 0 saturated carbocycles. The van der Waals surface area contributed by atoms with Crippen molar-refractivity contribution in [2.75, 3.05) is 12.4 Å². The van der Waals surface area contributed by atoms with Crippen LogP contribution >= 0.6 is 11.6 Å². The first-order valence-corrected chi connectivity index (χ1v) is 8.97. The Morgan fingerprint density at radius 2 is 2.00 bits per heavy atom. The number of rotatable bonds is 6. The number of aromatic nitrogens is 3. The van der Waals surface area contributed by atoms with Crippen LogP contribution in [0.25, 0.3) is 5.69 Å². The van der Waals surface area contributed by atoms with Crippen LogP contribution in [0, 0.1) is 0 Å². The fourth-order valence-electron chi connectivity index (χ4n) is 2.41. The molecule has 0 saturated heterocycles. The molecule has 1 aromatic heterocycles. The lowest BCUT2D eigenvalue weighted by Gasteiger charge is -2.09. The normalized spacial score (nSPS) is 10.9. The molecule has 3 rings (SSSR count). The molecule has 1 amide bonds. The second-order valence-electron chi connectivity index (χ2n) is 5.89. The van der Waals surface area contributed by atoms with Gasteiger partial charge in [0.05, 0.1) is 28.5 Å². The van der Waals surface area contributed by atoms with Gasteiger partial charge in [-0.05, 0) is 42.5 Å². The van der Waals surface area contributed by atoms with Crippen LogP contribution in [0.15, 0.2) is 59.0 Å². The fraction of sp³-hybridized carbons (Fsp3) is 0.167. The van der Waals surface area contributed by atoms with Gasteiger partial charge in [0.2, 0.25) is 10.0 Å². The molecule has 0 fully saturated rings. The van der Waals surface area contributed by atoms with E-state index in [1.54, 1.807) is 6.07 Å². The molecule has 0 radical (unpaired) electrons. The first-order chi connectivity index (χ1) is 14.7. The number of carbonyl (C=O) groups excluding carboxylic acids is 1. The molecule has 0 bridgehead atoms. The number of alkyl halides is 3. The summed E-state index contributed by atoms with van der Waals surface area (Å²) < 4.78 is 41.9. The van der Waals surface area contributed by atoms with Gasteiger partial charge in [0.15, 0.2) is 5.82 Å². The molecule has 0 spiro atoms. The van der Waals surface area contributed by atoms with Gasteiger partial charge in [-0.1, -0.05) is 11.6 Å². The third kappa shape index (κ3) is 6.11. The van der Waals surface area contributed by atoms with E-state index in [1.165, 1.54) is 54.5 Å². The van der Waals surface area contributed by atoms with E-state index in [0.717, 1.165) is 0 Å². The number of anilines is 1. The lowest BCUT2D eigenvalue weighted by molar-refractivity contribution is -0.274. The fourth-order valence-corrected chi connectivity index (χ4v) is 2.66. The van der Waals surface area contributed by atoms with Crippen molar-refractivity contribution >= 4 is 23.2 Å². The van der Waals surface area contributed by atoms with Gasteiger partial charge in [-0.2, -0.15) is 0 Å². The number of benzene rings is 2. The van der Waals surface area contributed by atoms with Crippen LogP contribution in [0.1, 0.15) is 16.2 Å². The summed E-state index contributed by atoms with van der Waals surface area (Å²) in [6, 6.07) is 9.77. The highest BCUT2D eigenvalue weighted by atomic mass is 35.5. The van der Waals surface area contributed by atoms with Gasteiger partial charge in [-0.3, -0.25) is 4.79 Å². The van der Waals surface area contributed by atoms with Crippen molar-refractivity contribution in [3.8, 4) is 11.4 Å². The third-order valence-electron chi connectivity index (χ3n) is 3.75. The van der Waals surface area contributed by atoms with E-state index in [2.05, 4.69) is 35.3 Å². The van der Waals surface area contributed by atoms with Crippen LogP contribution < -0.4 is 15.0 Å². The van der Waals surface area contributed by atoms with Crippen LogP contribution in [0.4, 0.5) is 18.9 Å². The number of ether oxygens (including phenoxy) is 1. The van der Waals surface area contributed by atoms with E-state index >= 15 is 0 Å². The molecule has 160 valence electrons. The summed E-state index contributed by atoms with van der Waals surface area (Å²) in [5, 5.41) is 14.3. The van der Waals surface area contributed by atoms with Gasteiger partial charge < -0.3 is 10.1 Å². The highest BCUT2D eigenvalue weighted by Gasteiger charge is 2.31. The van der Waals surface area contributed by atoms with Crippen LogP contribution in [-0.2, 0) is 6.54 Å². The molecule has 31 heavy (non-hydrogen) atoms. The van der Waals surface area contributed by atoms with Crippen molar-refractivity contribution in [1.82, 2.24) is 19.7 Å². The van der Waals surface area contributed by atoms with Crippen molar-refractivity contribution in [3.05, 3.63) is 65.2 Å². The largest absolute Gasteiger partial charge is 0.573 e. The van der Waals surface area contributed by atoms with E-state index in [-0.39, 0.29) is 22.9 Å². The molecule has 1 heterocycles. The molecular weight excluding hydrogens is 439 g/mol. The minimum absolute atomic E-state index is 0.212. The zero-order valence-electron chi connectivity index (χ0n) is 15.8. The first kappa shape index (κ1) is 21.9. The Bertz CT molecular complexity index is 1140. The lowest BCUT2D eigenvalue weighted by atomic mass is 10.2. The third-order valence-corrected chi connectivity index (χ3v) is 4.06. The van der Waals surface area contributed by atoms with Crippen molar-refractivity contribution < 1.29 is 22.7 Å². The van der Waals surface area contributed by atoms with Gasteiger partial charge in [-0.25, -0.2) is 9.67 Å². The molecule has 0 unspecified atom stereocenters. The molecule has 9 nitrogen and oxygen atoms in total. The quantitative estimate of drug-likeness (QED) is 0.446. The average molecular weight is 453 g/mol. The lowest BCUT2D eigenvalue weighted by Crippen LogP contribution is -2.17. The Hall–Kier alpha value is -3.76. The first-order valence-electron chi connectivity index (χ1n) is 8.59. The maximum absolute atomic E-state index is 12.2. The summed E-state index contributed by atoms with van der Waals surface area (Å²) in [5.74, 6) is -0.503. The summed E-state index contributed by atoms with van der Waals surface area (Å²) in [6.45, 7) is 0.212. The number of amides is 1. The van der Waals surface area contributed by atoms with Gasteiger partial charge >= 0.3 is 12.3 Å². The molecule has 0 atom stereocenters. The van der Waals surface area contributed by atoms with Crippen molar-refractivity contribution in [3.63, 3.8) is 0 Å². The second-order valence-corrected chi connectivity index (χ2v) is 6.30. The Labute approximate surface area is 178 Å². The number of hydrogen-bond acceptors (Lipinski definition) is 6. The molecule has 0 aliphatic heterocycles. The predicted octanol–water partition coefficient (Wildman–Crippen LogP) is 4.17. The molecular formula is C18H14ClF3N7O2+. The van der Waals surface area contributed by atoms with E-state index in [4.69, 9.17) is 11.6 Å². The van der Waals surface area contributed by atoms with Gasteiger partial charge in [0.25, 0.3) is 0 Å². The van der Waals surface area contributed by atoms with Gasteiger partial charge in [-0.15, -0.1) is 18.3 Å². The highest BCUT2D eigenvalue weighted by Crippen LogP contribution is 2.25. The Morgan fingerprint density at radius 3 is 2.65 bits per heavy atom. The summed E-state index contributed by atoms with van der Waals surface area (Å²) in [6.07, 6.45) is -3.33. The van der Waals surface area contributed by atoms with Gasteiger partial charge in [0.1, 0.15) is 24.2 Å². The van der Waals surface area contributed by atoms with Gasteiger partial charge in [0, 0.05) is 0 Å². The molecule has 3 aromatic rings. The summed E-state index contributed by atoms with van der Waals surface area (Å²) in [5.41, 5.74) is 1.30. The van der Waals surface area contributed by atoms with E-state index in [9.17, 15) is 18.0 Å². The number of nitrogens with one attached hydrogen (secondary N) is 1. The SMILES string of the molecule is CN=[N+]=NC(=O)c1ccc(NCc2ncn(-c3ccc(OC(F)(F)F)cc3)n2)c(Cl)c1. The summed E-state index contributed by atoms with van der Waals surface area (Å²) >= 11 is 6.19. The standard InChI is InChI=1S/C18H13ClF3N7O2/c1-23-28-26-17(30)11-2-7-15(14(19)8-11)24-9-16-25-10-29(27-16)12-3-5-13(6-4-12)31-18(20,21)22/h2-8,10H,9H2,1H3/p+1. The Kier molecular flexibility index (Phi) is 6.63. The summed E-state index contributed by atoms with van der Waals surface area (Å²) in [7, 11) is 1.39. The highest BCUT2D eigenvalue weighted by molar-refractivity contribution is 6.33. The number of nitrogens with zero attached hydrogens (tertiary/aromatic N) is 6. The van der Waals surface area contributed by atoms with E-state index < -0.39 is 12.3 Å². The monoisotopic (exact) mass is 452 g/mol. The van der Waals surface area contributed by atoms with Crippen LogP contribution in [-0.4, -0.2) is 34.1 Å². The van der Waals surface area contributed by atoms with Crippen molar-refractivity contribution in [2.24, 2.45) is 10.2 Å². The van der Waals surface area contributed by atoms with Crippen LogP contribution in [0.5, 0.6) is 5.75 Å². The minimum atomic E-state index is -4.75. The van der Waals surface area contributed by atoms with Crippen molar-refractivity contribution in [1.29, 1.82) is 0 Å². The van der Waals surface area contributed by atoms with Crippen LogP contribution in [0.2, 0.25) is 5.02 Å². The zero-order chi connectivity index (χ0) is 22.4. The molecule has 0 aliphatic carbocycles. The molecule has 0 aliphatic rings. The topological polar surface area (TPSA) is 108 Å². The zero-order valence-corrected chi connectivity index (χ0v) is 16.6. The molecule has 13 heteroatoms. The maximum Gasteiger partial charge on any atom is 0.573 e. The second kappa shape index (κ2) is 9.37. The maximum atomic E-state index is 12.2. The number of carbonyl (C=O) groups is 1. The Balaban J connectivity index is 1.64. The molecule has 1 N–H and O–H groups in total. The van der Waals surface area contributed by atoms with Crippen LogP contribution in [0.3, 0.4) is 0 Å². The number of hydrogen-bond donors (Lipinski definition) is 1. The van der Waals surface area contributed by atoms with E-state index in [0.29, 0.717) is 17.2 Å². The Morgan fingerprint density at radius 1 is 1.26 bits per heavy atom. The van der Waals surface area contributed by atoms with Crippen molar-refractivity contribution in [2.45, 2.75) is 12.9 Å². The van der Waals surface area contributed by atoms with E-state index in [1.807, 2.05) is 0 Å².